The Morgan fingerprint density at radius 3 is 2.94 bits per heavy atom. The number of hydrogen-bond donors (Lipinski definition) is 2. The Kier molecular flexibility index (Phi) is 2.89. The summed E-state index contributed by atoms with van der Waals surface area (Å²) >= 11 is 0. The highest BCUT2D eigenvalue weighted by Gasteiger charge is 2.36. The minimum absolute atomic E-state index is 0.00563. The molecule has 1 atom stereocenters. The molecule has 6 heteroatoms. The van der Waals surface area contributed by atoms with Gasteiger partial charge in [0.05, 0.1) is 6.04 Å². The summed E-state index contributed by atoms with van der Waals surface area (Å²) in [4.78, 5) is 26.7. The van der Waals surface area contributed by atoms with E-state index in [1.807, 2.05) is 13.8 Å². The molecule has 2 rings (SSSR count). The zero-order valence-corrected chi connectivity index (χ0v) is 9.69. The van der Waals surface area contributed by atoms with Crippen LogP contribution in [-0.4, -0.2) is 60.1 Å². The van der Waals surface area contributed by atoms with Gasteiger partial charge in [0.1, 0.15) is 0 Å². The predicted molar refractivity (Wildman–Crippen MR) is 59.1 cm³/mol. The van der Waals surface area contributed by atoms with Crippen molar-refractivity contribution >= 4 is 12.1 Å². The van der Waals surface area contributed by atoms with Gasteiger partial charge in [0.15, 0.2) is 0 Å². The molecule has 2 N–H and O–H groups in total. The Balaban J connectivity index is 1.91. The molecule has 2 fully saturated rings. The minimum atomic E-state index is -0.0333. The van der Waals surface area contributed by atoms with Crippen LogP contribution in [0.4, 0.5) is 9.59 Å². The monoisotopic (exact) mass is 226 g/mol. The molecule has 2 saturated heterocycles. The molecular formula is C10H18N4O2. The zero-order chi connectivity index (χ0) is 11.7. The quantitative estimate of drug-likeness (QED) is 0.651. The second-order valence-corrected chi connectivity index (χ2v) is 4.58. The Labute approximate surface area is 95.0 Å². The van der Waals surface area contributed by atoms with Gasteiger partial charge in [0, 0.05) is 32.2 Å². The smallest absolute Gasteiger partial charge is 0.317 e. The van der Waals surface area contributed by atoms with E-state index in [9.17, 15) is 9.59 Å². The van der Waals surface area contributed by atoms with Gasteiger partial charge >= 0.3 is 12.1 Å². The standard InChI is InChI=1S/C10H18N4O2/c1-7(2)12-10(16)13-3-4-14-8(6-13)5-11-9(14)15/h7-8H,3-6H2,1-2H3,(H,11,15)(H,12,16). The second kappa shape index (κ2) is 4.19. The Hall–Kier alpha value is -1.46. The molecule has 0 aromatic heterocycles. The summed E-state index contributed by atoms with van der Waals surface area (Å²) in [6.45, 7) is 6.38. The molecule has 4 amide bonds. The summed E-state index contributed by atoms with van der Waals surface area (Å²) < 4.78 is 0. The van der Waals surface area contributed by atoms with Gasteiger partial charge in [-0.05, 0) is 13.8 Å². The van der Waals surface area contributed by atoms with E-state index in [0.29, 0.717) is 26.2 Å². The summed E-state index contributed by atoms with van der Waals surface area (Å²) in [5.41, 5.74) is 0. The van der Waals surface area contributed by atoms with Crippen LogP contribution < -0.4 is 10.6 Å². The Morgan fingerprint density at radius 2 is 2.25 bits per heavy atom. The van der Waals surface area contributed by atoms with Crippen molar-refractivity contribution in [3.8, 4) is 0 Å². The fourth-order valence-corrected chi connectivity index (χ4v) is 2.13. The molecule has 2 aliphatic rings. The van der Waals surface area contributed by atoms with Crippen molar-refractivity contribution in [2.24, 2.45) is 0 Å². The van der Waals surface area contributed by atoms with Crippen molar-refractivity contribution < 1.29 is 9.59 Å². The van der Waals surface area contributed by atoms with Crippen molar-refractivity contribution in [3.05, 3.63) is 0 Å². The normalized spacial score (nSPS) is 24.4. The third-order valence-corrected chi connectivity index (χ3v) is 2.93. The molecular weight excluding hydrogens is 208 g/mol. The van der Waals surface area contributed by atoms with Crippen molar-refractivity contribution in [2.45, 2.75) is 25.9 Å². The number of rotatable bonds is 1. The van der Waals surface area contributed by atoms with Crippen LogP contribution in [0.3, 0.4) is 0 Å². The lowest BCUT2D eigenvalue weighted by Crippen LogP contribution is -2.56. The molecule has 6 nitrogen and oxygen atoms in total. The van der Waals surface area contributed by atoms with Gasteiger partial charge in [-0.1, -0.05) is 0 Å². The first-order chi connectivity index (χ1) is 7.58. The molecule has 2 heterocycles. The van der Waals surface area contributed by atoms with Crippen molar-refractivity contribution in [1.29, 1.82) is 0 Å². The van der Waals surface area contributed by atoms with Gasteiger partial charge < -0.3 is 20.4 Å². The van der Waals surface area contributed by atoms with Crippen LogP contribution in [0.2, 0.25) is 0 Å². The molecule has 0 aromatic carbocycles. The molecule has 2 aliphatic heterocycles. The van der Waals surface area contributed by atoms with Gasteiger partial charge in [0.2, 0.25) is 0 Å². The fourth-order valence-electron chi connectivity index (χ4n) is 2.13. The largest absolute Gasteiger partial charge is 0.336 e. The van der Waals surface area contributed by atoms with E-state index in [-0.39, 0.29) is 24.1 Å². The molecule has 90 valence electrons. The molecule has 0 aliphatic carbocycles. The van der Waals surface area contributed by atoms with Crippen LogP contribution in [0.15, 0.2) is 0 Å². The number of hydrogen-bond acceptors (Lipinski definition) is 2. The number of fused-ring (bicyclic) bond motifs is 1. The highest BCUT2D eigenvalue weighted by atomic mass is 16.2. The lowest BCUT2D eigenvalue weighted by Gasteiger charge is -2.36. The Morgan fingerprint density at radius 1 is 1.50 bits per heavy atom. The number of urea groups is 2. The number of amides is 4. The van der Waals surface area contributed by atoms with Crippen LogP contribution in [0.25, 0.3) is 0 Å². The van der Waals surface area contributed by atoms with Crippen molar-refractivity contribution in [2.75, 3.05) is 26.2 Å². The summed E-state index contributed by atoms with van der Waals surface area (Å²) in [6, 6.07) is 0.246. The predicted octanol–water partition coefficient (Wildman–Crippen LogP) is -0.186. The van der Waals surface area contributed by atoms with Crippen LogP contribution in [0, 0.1) is 0 Å². The number of nitrogens with zero attached hydrogens (tertiary/aromatic N) is 2. The van der Waals surface area contributed by atoms with E-state index >= 15 is 0 Å². The first kappa shape index (κ1) is 11.0. The molecule has 16 heavy (non-hydrogen) atoms. The van der Waals surface area contributed by atoms with Gasteiger partial charge in [-0.15, -0.1) is 0 Å². The SMILES string of the molecule is CC(C)NC(=O)N1CCN2C(=O)NCC2C1. The van der Waals surface area contributed by atoms with Crippen LogP contribution in [-0.2, 0) is 0 Å². The maximum atomic E-state index is 11.8. The molecule has 0 saturated carbocycles. The maximum Gasteiger partial charge on any atom is 0.317 e. The van der Waals surface area contributed by atoms with Crippen LogP contribution in [0.1, 0.15) is 13.8 Å². The van der Waals surface area contributed by atoms with E-state index in [1.54, 1.807) is 9.80 Å². The number of carbonyl (C=O) groups excluding carboxylic acids is 2. The van der Waals surface area contributed by atoms with E-state index in [1.165, 1.54) is 0 Å². The van der Waals surface area contributed by atoms with Crippen molar-refractivity contribution in [3.63, 3.8) is 0 Å². The minimum Gasteiger partial charge on any atom is -0.336 e. The summed E-state index contributed by atoms with van der Waals surface area (Å²) in [5.74, 6) is 0. The molecule has 0 aromatic rings. The fraction of sp³-hybridized carbons (Fsp3) is 0.800. The average molecular weight is 226 g/mol. The second-order valence-electron chi connectivity index (χ2n) is 4.58. The van der Waals surface area contributed by atoms with Crippen LogP contribution in [0.5, 0.6) is 0 Å². The molecule has 1 unspecified atom stereocenters. The molecule has 0 spiro atoms. The third kappa shape index (κ3) is 2.05. The first-order valence-electron chi connectivity index (χ1n) is 5.68. The summed E-state index contributed by atoms with van der Waals surface area (Å²) in [5, 5.41) is 5.66. The van der Waals surface area contributed by atoms with Crippen molar-refractivity contribution in [1.82, 2.24) is 20.4 Å². The van der Waals surface area contributed by atoms with E-state index in [4.69, 9.17) is 0 Å². The summed E-state index contributed by atoms with van der Waals surface area (Å²) in [6.07, 6.45) is 0. The van der Waals surface area contributed by atoms with E-state index < -0.39 is 0 Å². The maximum absolute atomic E-state index is 11.8. The topological polar surface area (TPSA) is 64.7 Å². The van der Waals surface area contributed by atoms with Gasteiger partial charge in [0.25, 0.3) is 0 Å². The van der Waals surface area contributed by atoms with Gasteiger partial charge in [-0.25, -0.2) is 9.59 Å². The molecule has 0 bridgehead atoms. The number of piperazine rings is 1. The van der Waals surface area contributed by atoms with E-state index in [0.717, 1.165) is 0 Å². The first-order valence-corrected chi connectivity index (χ1v) is 5.68. The van der Waals surface area contributed by atoms with E-state index in [2.05, 4.69) is 10.6 Å². The number of nitrogens with one attached hydrogen (secondary N) is 2. The van der Waals surface area contributed by atoms with Gasteiger partial charge in [-0.2, -0.15) is 0 Å². The lowest BCUT2D eigenvalue weighted by atomic mass is 10.2. The highest BCUT2D eigenvalue weighted by Crippen LogP contribution is 2.14. The number of carbonyl (C=O) groups is 2. The highest BCUT2D eigenvalue weighted by molar-refractivity contribution is 5.78. The summed E-state index contributed by atoms with van der Waals surface area (Å²) in [7, 11) is 0. The molecule has 0 radical (unpaired) electrons. The van der Waals surface area contributed by atoms with Gasteiger partial charge in [-0.3, -0.25) is 0 Å². The average Bonchev–Trinajstić information content (AvgIpc) is 2.59. The Bertz CT molecular complexity index is 305. The van der Waals surface area contributed by atoms with Crippen LogP contribution >= 0.6 is 0 Å². The lowest BCUT2D eigenvalue weighted by molar-refractivity contribution is 0.128. The third-order valence-electron chi connectivity index (χ3n) is 2.93. The zero-order valence-electron chi connectivity index (χ0n) is 9.69.